The van der Waals surface area contributed by atoms with Gasteiger partial charge >= 0.3 is 0 Å². The fourth-order valence-electron chi connectivity index (χ4n) is 2.84. The maximum absolute atomic E-state index is 5.99. The average molecular weight is 294 g/mol. The Balaban J connectivity index is 2.27. The Hall–Kier alpha value is -1.30. The van der Waals surface area contributed by atoms with E-state index in [1.165, 1.54) is 0 Å². The van der Waals surface area contributed by atoms with Crippen LogP contribution in [0.4, 0.5) is 0 Å². The topological polar surface area (TPSA) is 43.0 Å². The van der Waals surface area contributed by atoms with Crippen molar-refractivity contribution in [3.05, 3.63) is 23.8 Å². The molecule has 0 bridgehead atoms. The van der Waals surface area contributed by atoms with Crippen LogP contribution < -0.4 is 14.8 Å². The van der Waals surface area contributed by atoms with Crippen LogP contribution in [0.15, 0.2) is 18.2 Å². The summed E-state index contributed by atoms with van der Waals surface area (Å²) in [6.45, 7) is 5.92. The van der Waals surface area contributed by atoms with E-state index >= 15 is 0 Å². The van der Waals surface area contributed by atoms with Gasteiger partial charge in [-0.2, -0.15) is 0 Å². The Morgan fingerprint density at radius 2 is 2.19 bits per heavy atom. The summed E-state index contributed by atoms with van der Waals surface area (Å²) < 4.78 is 16.8. The first-order valence-corrected chi connectivity index (χ1v) is 7.46. The van der Waals surface area contributed by atoms with Gasteiger partial charge < -0.3 is 19.5 Å². The van der Waals surface area contributed by atoms with Gasteiger partial charge in [0.25, 0.3) is 0 Å². The lowest BCUT2D eigenvalue weighted by molar-refractivity contribution is -0.0447. The van der Waals surface area contributed by atoms with E-state index in [1.54, 1.807) is 14.2 Å². The quantitative estimate of drug-likeness (QED) is 0.865. The van der Waals surface area contributed by atoms with Crippen LogP contribution in [0.1, 0.15) is 18.5 Å². The minimum absolute atomic E-state index is 0.0735. The average Bonchev–Trinajstić information content (AvgIpc) is 2.55. The first-order valence-electron chi connectivity index (χ1n) is 7.46. The summed E-state index contributed by atoms with van der Waals surface area (Å²) in [5, 5.41) is 3.37. The lowest BCUT2D eigenvalue weighted by atomic mass is 9.98. The summed E-state index contributed by atoms with van der Waals surface area (Å²) in [6, 6.07) is 5.95. The molecule has 2 unspecified atom stereocenters. The monoisotopic (exact) mass is 294 g/mol. The van der Waals surface area contributed by atoms with E-state index in [1.807, 2.05) is 25.2 Å². The van der Waals surface area contributed by atoms with Crippen molar-refractivity contribution in [1.82, 2.24) is 10.2 Å². The van der Waals surface area contributed by atoms with Crippen molar-refractivity contribution in [1.29, 1.82) is 0 Å². The lowest BCUT2D eigenvalue weighted by Crippen LogP contribution is -2.47. The van der Waals surface area contributed by atoms with Crippen molar-refractivity contribution in [3.8, 4) is 11.5 Å². The molecule has 0 amide bonds. The van der Waals surface area contributed by atoms with Crippen LogP contribution in [-0.4, -0.2) is 58.5 Å². The Morgan fingerprint density at radius 1 is 1.38 bits per heavy atom. The number of methoxy groups -OCH3 is 2. The molecular formula is C16H26N2O3. The van der Waals surface area contributed by atoms with Gasteiger partial charge in [0.15, 0.2) is 0 Å². The van der Waals surface area contributed by atoms with Crippen LogP contribution >= 0.6 is 0 Å². The highest BCUT2D eigenvalue weighted by Crippen LogP contribution is 2.32. The molecule has 0 saturated carbocycles. The van der Waals surface area contributed by atoms with Gasteiger partial charge in [-0.3, -0.25) is 4.90 Å². The molecule has 0 spiro atoms. The molecule has 2 rings (SSSR count). The molecule has 1 aliphatic heterocycles. The highest BCUT2D eigenvalue weighted by atomic mass is 16.5. The maximum atomic E-state index is 5.99. The van der Waals surface area contributed by atoms with Crippen LogP contribution in [0.3, 0.4) is 0 Å². The van der Waals surface area contributed by atoms with Gasteiger partial charge in [-0.1, -0.05) is 6.92 Å². The standard InChI is InChI=1S/C16H26N2O3/c1-5-18-8-9-21-15(11-18)16(17-2)13-10-12(19-3)6-7-14(13)20-4/h6-7,10,15-17H,5,8-9,11H2,1-4H3. The molecule has 118 valence electrons. The molecule has 1 saturated heterocycles. The SMILES string of the molecule is CCN1CCOC(C(NC)c2cc(OC)ccc2OC)C1. The second-order valence-corrected chi connectivity index (χ2v) is 5.18. The smallest absolute Gasteiger partial charge is 0.124 e. The minimum Gasteiger partial charge on any atom is -0.497 e. The summed E-state index contributed by atoms with van der Waals surface area (Å²) in [7, 11) is 5.33. The van der Waals surface area contributed by atoms with Gasteiger partial charge in [0.1, 0.15) is 11.5 Å². The molecule has 2 atom stereocenters. The van der Waals surface area contributed by atoms with Crippen molar-refractivity contribution in [3.63, 3.8) is 0 Å². The van der Waals surface area contributed by atoms with Gasteiger partial charge in [-0.25, -0.2) is 0 Å². The number of hydrogen-bond acceptors (Lipinski definition) is 5. The van der Waals surface area contributed by atoms with Crippen LogP contribution in [-0.2, 0) is 4.74 Å². The zero-order chi connectivity index (χ0) is 15.2. The van der Waals surface area contributed by atoms with Crippen molar-refractivity contribution in [2.75, 3.05) is 47.5 Å². The second kappa shape index (κ2) is 7.64. The third kappa shape index (κ3) is 3.67. The lowest BCUT2D eigenvalue weighted by Gasteiger charge is -2.37. The molecule has 5 heteroatoms. The van der Waals surface area contributed by atoms with Gasteiger partial charge in [-0.05, 0) is 31.8 Å². The summed E-state index contributed by atoms with van der Waals surface area (Å²) in [4.78, 5) is 2.41. The van der Waals surface area contributed by atoms with Crippen molar-refractivity contribution >= 4 is 0 Å². The van der Waals surface area contributed by atoms with E-state index in [0.717, 1.165) is 43.3 Å². The third-order valence-corrected chi connectivity index (χ3v) is 4.08. The summed E-state index contributed by atoms with van der Waals surface area (Å²) in [5.74, 6) is 1.68. The predicted octanol–water partition coefficient (Wildman–Crippen LogP) is 1.68. The van der Waals surface area contributed by atoms with Crippen LogP contribution in [0, 0.1) is 0 Å². The van der Waals surface area contributed by atoms with Gasteiger partial charge in [0, 0.05) is 18.7 Å². The van der Waals surface area contributed by atoms with Crippen molar-refractivity contribution < 1.29 is 14.2 Å². The van der Waals surface area contributed by atoms with Gasteiger partial charge in [0.2, 0.25) is 0 Å². The van der Waals surface area contributed by atoms with E-state index < -0.39 is 0 Å². The van der Waals surface area contributed by atoms with Crippen LogP contribution in [0.2, 0.25) is 0 Å². The van der Waals surface area contributed by atoms with Gasteiger partial charge in [0.05, 0.1) is 33.0 Å². The zero-order valence-electron chi connectivity index (χ0n) is 13.4. The molecule has 0 aromatic heterocycles. The van der Waals surface area contributed by atoms with E-state index in [-0.39, 0.29) is 12.1 Å². The number of ether oxygens (including phenoxy) is 3. The van der Waals surface area contributed by atoms with Crippen molar-refractivity contribution in [2.24, 2.45) is 0 Å². The van der Waals surface area contributed by atoms with Crippen molar-refractivity contribution in [2.45, 2.75) is 19.1 Å². The molecule has 1 aliphatic rings. The first-order chi connectivity index (χ1) is 10.2. The van der Waals surface area contributed by atoms with E-state index in [2.05, 4.69) is 17.1 Å². The molecule has 1 aromatic carbocycles. The molecule has 21 heavy (non-hydrogen) atoms. The normalized spacial score (nSPS) is 21.0. The highest BCUT2D eigenvalue weighted by molar-refractivity contribution is 5.42. The van der Waals surface area contributed by atoms with Gasteiger partial charge in [-0.15, -0.1) is 0 Å². The van der Waals surface area contributed by atoms with E-state index in [9.17, 15) is 0 Å². The second-order valence-electron chi connectivity index (χ2n) is 5.18. The van der Waals surface area contributed by atoms with E-state index in [0.29, 0.717) is 0 Å². The number of nitrogens with one attached hydrogen (secondary N) is 1. The van der Waals surface area contributed by atoms with E-state index in [4.69, 9.17) is 14.2 Å². The highest BCUT2D eigenvalue weighted by Gasteiger charge is 2.30. The largest absolute Gasteiger partial charge is 0.497 e. The molecule has 1 heterocycles. The molecule has 0 aliphatic carbocycles. The number of rotatable bonds is 6. The fraction of sp³-hybridized carbons (Fsp3) is 0.625. The van der Waals surface area contributed by atoms with Crippen LogP contribution in [0.5, 0.6) is 11.5 Å². The Kier molecular flexibility index (Phi) is 5.85. The number of benzene rings is 1. The molecule has 5 nitrogen and oxygen atoms in total. The molecule has 0 radical (unpaired) electrons. The minimum atomic E-state index is 0.0735. The summed E-state index contributed by atoms with van der Waals surface area (Å²) in [6.07, 6.45) is 0.102. The zero-order valence-corrected chi connectivity index (χ0v) is 13.4. The number of morpholine rings is 1. The molecule has 1 fully saturated rings. The molecule has 1 N–H and O–H groups in total. The summed E-state index contributed by atoms with van der Waals surface area (Å²) >= 11 is 0. The van der Waals surface area contributed by atoms with Crippen LogP contribution in [0.25, 0.3) is 0 Å². The number of likely N-dealkylation sites (N-methyl/N-ethyl adjacent to an activating group) is 2. The summed E-state index contributed by atoms with van der Waals surface area (Å²) in [5.41, 5.74) is 1.07. The maximum Gasteiger partial charge on any atom is 0.124 e. The molecule has 1 aromatic rings. The predicted molar refractivity (Wildman–Crippen MR) is 83.2 cm³/mol. The third-order valence-electron chi connectivity index (χ3n) is 4.08. The first kappa shape index (κ1) is 16.1. The fourth-order valence-corrected chi connectivity index (χ4v) is 2.84. The number of nitrogens with zero attached hydrogens (tertiary/aromatic N) is 1. The Bertz CT molecular complexity index is 453. The molecular weight excluding hydrogens is 268 g/mol. The Morgan fingerprint density at radius 3 is 2.81 bits per heavy atom. The Labute approximate surface area is 127 Å². The number of hydrogen-bond donors (Lipinski definition) is 1.